The van der Waals surface area contributed by atoms with Gasteiger partial charge in [0.05, 0.1) is 5.54 Å². The van der Waals surface area contributed by atoms with Crippen LogP contribution in [0.25, 0.3) is 0 Å². The predicted octanol–water partition coefficient (Wildman–Crippen LogP) is 1.95. The summed E-state index contributed by atoms with van der Waals surface area (Å²) >= 11 is 0. The van der Waals surface area contributed by atoms with E-state index >= 15 is 0 Å². The van der Waals surface area contributed by atoms with Crippen molar-refractivity contribution in [3.63, 3.8) is 0 Å². The van der Waals surface area contributed by atoms with Gasteiger partial charge in [-0.1, -0.05) is 30.3 Å². The quantitative estimate of drug-likeness (QED) is 0.905. The Morgan fingerprint density at radius 2 is 1.64 bits per heavy atom. The number of halogens is 2. The van der Waals surface area contributed by atoms with Crippen LogP contribution in [-0.4, -0.2) is 54.0 Å². The Labute approximate surface area is 145 Å². The van der Waals surface area contributed by atoms with Crippen molar-refractivity contribution in [1.29, 1.82) is 0 Å². The number of carbonyl (C=O) groups is 1. The Kier molecular flexibility index (Phi) is 9.01. The third-order valence-electron chi connectivity index (χ3n) is 3.77. The number of benzene rings is 1. The summed E-state index contributed by atoms with van der Waals surface area (Å²) in [5.74, 6) is 0.0557. The van der Waals surface area contributed by atoms with Crippen LogP contribution in [0.5, 0.6) is 0 Å². The first-order chi connectivity index (χ1) is 9.47. The fourth-order valence-corrected chi connectivity index (χ4v) is 2.51. The maximum Gasteiger partial charge on any atom is 0.242 e. The van der Waals surface area contributed by atoms with Crippen molar-refractivity contribution in [2.45, 2.75) is 25.8 Å². The summed E-state index contributed by atoms with van der Waals surface area (Å²) in [6, 6.07) is 10.5. The van der Waals surface area contributed by atoms with Crippen molar-refractivity contribution in [3.8, 4) is 0 Å². The number of carbonyl (C=O) groups excluding carboxylic acids is 1. The fourth-order valence-electron chi connectivity index (χ4n) is 2.51. The molecule has 0 spiro atoms. The topological polar surface area (TPSA) is 49.6 Å². The normalized spacial score (nSPS) is 15.7. The molecule has 126 valence electrons. The molecular weight excluding hydrogens is 321 g/mol. The van der Waals surface area contributed by atoms with Crippen LogP contribution in [0.3, 0.4) is 0 Å². The van der Waals surface area contributed by atoms with Gasteiger partial charge in [0.25, 0.3) is 0 Å². The van der Waals surface area contributed by atoms with E-state index in [4.69, 9.17) is 5.73 Å². The molecule has 0 aliphatic carbocycles. The summed E-state index contributed by atoms with van der Waals surface area (Å²) in [5, 5.41) is 0. The van der Waals surface area contributed by atoms with E-state index in [1.165, 1.54) is 5.56 Å². The molecule has 22 heavy (non-hydrogen) atoms. The average molecular weight is 348 g/mol. The molecule has 1 saturated heterocycles. The van der Waals surface area contributed by atoms with E-state index in [0.29, 0.717) is 0 Å². The molecule has 1 heterocycles. The molecule has 1 aromatic rings. The molecule has 1 fully saturated rings. The highest BCUT2D eigenvalue weighted by Crippen LogP contribution is 2.09. The van der Waals surface area contributed by atoms with Crippen LogP contribution >= 0.6 is 24.8 Å². The smallest absolute Gasteiger partial charge is 0.242 e. The van der Waals surface area contributed by atoms with E-state index in [-0.39, 0.29) is 30.7 Å². The van der Waals surface area contributed by atoms with Crippen molar-refractivity contribution >= 4 is 30.7 Å². The molecule has 1 amide bonds. The Bertz CT molecular complexity index is 440. The van der Waals surface area contributed by atoms with Crippen molar-refractivity contribution in [2.75, 3.05) is 32.7 Å². The second kappa shape index (κ2) is 9.36. The minimum atomic E-state index is -0.758. The number of nitrogens with two attached hydrogens (primary N) is 1. The molecule has 0 atom stereocenters. The van der Waals surface area contributed by atoms with Crippen LogP contribution in [-0.2, 0) is 11.2 Å². The summed E-state index contributed by atoms with van der Waals surface area (Å²) in [6.07, 6.45) is 1.07. The Balaban J connectivity index is 0.00000220. The first-order valence-corrected chi connectivity index (χ1v) is 7.31. The van der Waals surface area contributed by atoms with Crippen LogP contribution in [0, 0.1) is 0 Å². The summed E-state index contributed by atoms with van der Waals surface area (Å²) in [7, 11) is 0. The second-order valence-corrected chi connectivity index (χ2v) is 6.09. The summed E-state index contributed by atoms with van der Waals surface area (Å²) in [5.41, 5.74) is 6.49. The molecule has 4 nitrogen and oxygen atoms in total. The van der Waals surface area contributed by atoms with Gasteiger partial charge in [-0.3, -0.25) is 9.69 Å². The lowest BCUT2D eigenvalue weighted by atomic mass is 10.0. The van der Waals surface area contributed by atoms with Gasteiger partial charge in [-0.15, -0.1) is 24.8 Å². The van der Waals surface area contributed by atoms with Gasteiger partial charge in [-0.05, 0) is 25.8 Å². The minimum Gasteiger partial charge on any atom is -0.339 e. The fraction of sp³-hybridized carbons (Fsp3) is 0.562. The molecule has 1 aliphatic heterocycles. The lowest BCUT2D eigenvalue weighted by Gasteiger charge is -2.37. The molecule has 2 rings (SSSR count). The average Bonchev–Trinajstić information content (AvgIpc) is 2.45. The zero-order valence-corrected chi connectivity index (χ0v) is 15.0. The van der Waals surface area contributed by atoms with E-state index in [0.717, 1.165) is 39.1 Å². The molecule has 1 aliphatic rings. The van der Waals surface area contributed by atoms with Gasteiger partial charge in [0.15, 0.2) is 0 Å². The molecular formula is C16H27Cl2N3O. The Morgan fingerprint density at radius 1 is 1.09 bits per heavy atom. The molecule has 0 radical (unpaired) electrons. The van der Waals surface area contributed by atoms with Crippen LogP contribution in [0.2, 0.25) is 0 Å². The van der Waals surface area contributed by atoms with Crippen LogP contribution in [0.4, 0.5) is 0 Å². The SMILES string of the molecule is CC(C)(N)C(=O)N1CCN(CCc2ccccc2)CC1.Cl.Cl. The highest BCUT2D eigenvalue weighted by atomic mass is 35.5. The summed E-state index contributed by atoms with van der Waals surface area (Å²) in [4.78, 5) is 16.4. The number of rotatable bonds is 4. The van der Waals surface area contributed by atoms with Gasteiger partial charge < -0.3 is 10.6 Å². The standard InChI is InChI=1S/C16H25N3O.2ClH/c1-16(2,17)15(20)19-12-10-18(11-13-19)9-8-14-6-4-3-5-7-14;;/h3-7H,8-13,17H2,1-2H3;2*1H. The van der Waals surface area contributed by atoms with Gasteiger partial charge in [-0.25, -0.2) is 0 Å². The first kappa shape index (κ1) is 21.2. The highest BCUT2D eigenvalue weighted by Gasteiger charge is 2.29. The van der Waals surface area contributed by atoms with Crippen molar-refractivity contribution in [1.82, 2.24) is 9.80 Å². The Morgan fingerprint density at radius 3 is 2.14 bits per heavy atom. The van der Waals surface area contributed by atoms with Crippen molar-refractivity contribution < 1.29 is 4.79 Å². The van der Waals surface area contributed by atoms with Gasteiger partial charge in [0.1, 0.15) is 0 Å². The van der Waals surface area contributed by atoms with Gasteiger partial charge in [0, 0.05) is 32.7 Å². The molecule has 6 heteroatoms. The maximum absolute atomic E-state index is 12.1. The highest BCUT2D eigenvalue weighted by molar-refractivity contribution is 5.86. The van der Waals surface area contributed by atoms with E-state index in [9.17, 15) is 4.79 Å². The van der Waals surface area contributed by atoms with E-state index in [1.807, 2.05) is 11.0 Å². The first-order valence-electron chi connectivity index (χ1n) is 7.31. The van der Waals surface area contributed by atoms with Gasteiger partial charge in [0.2, 0.25) is 5.91 Å². The van der Waals surface area contributed by atoms with Crippen molar-refractivity contribution in [3.05, 3.63) is 35.9 Å². The van der Waals surface area contributed by atoms with Crippen LogP contribution in [0.1, 0.15) is 19.4 Å². The van der Waals surface area contributed by atoms with Gasteiger partial charge >= 0.3 is 0 Å². The second-order valence-electron chi connectivity index (χ2n) is 6.09. The third-order valence-corrected chi connectivity index (χ3v) is 3.77. The molecule has 0 aromatic heterocycles. The lowest BCUT2D eigenvalue weighted by molar-refractivity contribution is -0.137. The van der Waals surface area contributed by atoms with E-state index in [1.54, 1.807) is 13.8 Å². The van der Waals surface area contributed by atoms with E-state index in [2.05, 4.69) is 29.2 Å². The minimum absolute atomic E-state index is 0. The predicted molar refractivity (Wildman–Crippen MR) is 95.9 cm³/mol. The van der Waals surface area contributed by atoms with Crippen molar-refractivity contribution in [2.24, 2.45) is 5.73 Å². The molecule has 0 unspecified atom stereocenters. The Hall–Kier alpha value is -0.810. The zero-order chi connectivity index (χ0) is 14.6. The molecule has 1 aromatic carbocycles. The van der Waals surface area contributed by atoms with E-state index < -0.39 is 5.54 Å². The van der Waals surface area contributed by atoms with Gasteiger partial charge in [-0.2, -0.15) is 0 Å². The number of amides is 1. The number of nitrogens with zero attached hydrogens (tertiary/aromatic N) is 2. The summed E-state index contributed by atoms with van der Waals surface area (Å²) < 4.78 is 0. The number of piperazine rings is 1. The monoisotopic (exact) mass is 347 g/mol. The number of hydrogen-bond donors (Lipinski definition) is 1. The van der Waals surface area contributed by atoms with Crippen LogP contribution < -0.4 is 5.73 Å². The molecule has 0 saturated carbocycles. The molecule has 2 N–H and O–H groups in total. The van der Waals surface area contributed by atoms with Crippen LogP contribution in [0.15, 0.2) is 30.3 Å². The third kappa shape index (κ3) is 6.13. The maximum atomic E-state index is 12.1. The lowest BCUT2D eigenvalue weighted by Crippen LogP contribution is -2.57. The zero-order valence-electron chi connectivity index (χ0n) is 13.3. The molecule has 0 bridgehead atoms. The largest absolute Gasteiger partial charge is 0.339 e. The summed E-state index contributed by atoms with van der Waals surface area (Å²) in [6.45, 7) is 8.05. The number of hydrogen-bond acceptors (Lipinski definition) is 3.